The molecule has 0 aromatic heterocycles. The summed E-state index contributed by atoms with van der Waals surface area (Å²) in [6.07, 6.45) is 10.0. The van der Waals surface area contributed by atoms with Gasteiger partial charge in [0.1, 0.15) is 17.1 Å². The summed E-state index contributed by atoms with van der Waals surface area (Å²) in [5.41, 5.74) is 1.75. The summed E-state index contributed by atoms with van der Waals surface area (Å²) >= 11 is 0. The molecule has 2 N–H and O–H groups in total. The molecule has 1 rings (SSSR count). The standard InChI is InChI=1S/C18H27NO5/c1-2-3-4-5-6-7-8-9-12-23-15-10-11-16(17(21)13-15)18(22)24-19-14-20/h10-11,13-14,21H,2-9,12H2,1H3,(H,19,20). The topological polar surface area (TPSA) is 84.9 Å². The Morgan fingerprint density at radius 3 is 2.42 bits per heavy atom. The zero-order chi connectivity index (χ0) is 17.6. The van der Waals surface area contributed by atoms with Crippen molar-refractivity contribution in [2.24, 2.45) is 0 Å². The van der Waals surface area contributed by atoms with E-state index in [1.807, 2.05) is 0 Å². The lowest BCUT2D eigenvalue weighted by Crippen LogP contribution is -2.18. The quantitative estimate of drug-likeness (QED) is 0.325. The number of benzene rings is 1. The van der Waals surface area contributed by atoms with Crippen LogP contribution in [-0.2, 0) is 9.63 Å². The third kappa shape index (κ3) is 7.85. The van der Waals surface area contributed by atoms with Gasteiger partial charge in [-0.15, -0.1) is 0 Å². The minimum Gasteiger partial charge on any atom is -0.507 e. The number of rotatable bonds is 13. The molecular weight excluding hydrogens is 310 g/mol. The van der Waals surface area contributed by atoms with Crippen LogP contribution in [0.2, 0.25) is 0 Å². The van der Waals surface area contributed by atoms with E-state index in [-0.39, 0.29) is 17.7 Å². The summed E-state index contributed by atoms with van der Waals surface area (Å²) in [6, 6.07) is 4.34. The van der Waals surface area contributed by atoms with E-state index < -0.39 is 5.97 Å². The molecule has 0 saturated heterocycles. The smallest absolute Gasteiger partial charge is 0.366 e. The van der Waals surface area contributed by atoms with Crippen LogP contribution < -0.4 is 10.2 Å². The number of phenolic OH excluding ortho intramolecular Hbond substituents is 1. The fourth-order valence-corrected chi connectivity index (χ4v) is 2.33. The van der Waals surface area contributed by atoms with E-state index in [9.17, 15) is 14.7 Å². The number of hydrogen-bond donors (Lipinski definition) is 2. The number of carbonyl (C=O) groups excluding carboxylic acids is 2. The second kappa shape index (κ2) is 12.2. The van der Waals surface area contributed by atoms with Gasteiger partial charge in [0.15, 0.2) is 0 Å². The number of carbonyl (C=O) groups is 2. The van der Waals surface area contributed by atoms with Crippen molar-refractivity contribution in [2.75, 3.05) is 6.61 Å². The van der Waals surface area contributed by atoms with Gasteiger partial charge in [-0.1, -0.05) is 51.9 Å². The molecule has 0 heterocycles. The van der Waals surface area contributed by atoms with E-state index in [0.717, 1.165) is 12.8 Å². The van der Waals surface area contributed by atoms with Crippen molar-refractivity contribution in [1.82, 2.24) is 5.48 Å². The molecule has 0 radical (unpaired) electrons. The van der Waals surface area contributed by atoms with Crippen LogP contribution in [0.4, 0.5) is 0 Å². The molecule has 1 aromatic rings. The Morgan fingerprint density at radius 2 is 1.79 bits per heavy atom. The van der Waals surface area contributed by atoms with Crippen LogP contribution in [0.3, 0.4) is 0 Å². The van der Waals surface area contributed by atoms with Crippen LogP contribution in [-0.4, -0.2) is 24.1 Å². The Morgan fingerprint density at radius 1 is 1.12 bits per heavy atom. The Balaban J connectivity index is 2.23. The van der Waals surface area contributed by atoms with Crippen LogP contribution in [0.5, 0.6) is 11.5 Å². The van der Waals surface area contributed by atoms with Gasteiger partial charge in [0.2, 0.25) is 6.41 Å². The maximum Gasteiger partial charge on any atom is 0.366 e. The summed E-state index contributed by atoms with van der Waals surface area (Å²) in [5.74, 6) is -0.592. The van der Waals surface area contributed by atoms with Gasteiger partial charge in [-0.25, -0.2) is 4.79 Å². The Labute approximate surface area is 143 Å². The number of phenols is 1. The number of ether oxygens (including phenoxy) is 1. The second-order valence-corrected chi connectivity index (χ2v) is 5.63. The highest BCUT2D eigenvalue weighted by atomic mass is 16.7. The molecule has 0 aliphatic rings. The maximum atomic E-state index is 11.5. The lowest BCUT2D eigenvalue weighted by molar-refractivity contribution is -0.117. The fourth-order valence-electron chi connectivity index (χ4n) is 2.33. The molecule has 0 spiro atoms. The summed E-state index contributed by atoms with van der Waals surface area (Å²) < 4.78 is 5.56. The average Bonchev–Trinajstić information content (AvgIpc) is 2.58. The van der Waals surface area contributed by atoms with Gasteiger partial charge in [0, 0.05) is 6.07 Å². The molecular formula is C18H27NO5. The van der Waals surface area contributed by atoms with Crippen LogP contribution >= 0.6 is 0 Å². The number of unbranched alkanes of at least 4 members (excludes halogenated alkanes) is 7. The summed E-state index contributed by atoms with van der Waals surface area (Å²) in [5, 5.41) is 9.81. The van der Waals surface area contributed by atoms with Crippen molar-refractivity contribution in [3.05, 3.63) is 23.8 Å². The number of aromatic hydroxyl groups is 1. The number of hydrogen-bond acceptors (Lipinski definition) is 5. The summed E-state index contributed by atoms with van der Waals surface area (Å²) in [6.45, 7) is 2.79. The molecule has 0 fully saturated rings. The van der Waals surface area contributed by atoms with Crippen LogP contribution in [0, 0.1) is 0 Å². The third-order valence-corrected chi connectivity index (χ3v) is 3.66. The SMILES string of the molecule is CCCCCCCCCCOc1ccc(C(=O)ONC=O)c(O)c1. The Hall–Kier alpha value is -2.24. The van der Waals surface area contributed by atoms with Gasteiger partial charge in [-0.3, -0.25) is 4.79 Å². The largest absolute Gasteiger partial charge is 0.507 e. The Bertz CT molecular complexity index is 504. The van der Waals surface area contributed by atoms with Crippen molar-refractivity contribution in [1.29, 1.82) is 0 Å². The summed E-state index contributed by atoms with van der Waals surface area (Å²) in [4.78, 5) is 26.0. The molecule has 0 saturated carbocycles. The number of amides is 1. The highest BCUT2D eigenvalue weighted by Gasteiger charge is 2.13. The lowest BCUT2D eigenvalue weighted by Gasteiger charge is -2.08. The van der Waals surface area contributed by atoms with Gasteiger partial charge >= 0.3 is 5.97 Å². The molecule has 6 heteroatoms. The number of hydroxylamine groups is 1. The minimum atomic E-state index is -0.839. The van der Waals surface area contributed by atoms with Crippen LogP contribution in [0.15, 0.2) is 18.2 Å². The predicted molar refractivity (Wildman–Crippen MR) is 90.8 cm³/mol. The van der Waals surface area contributed by atoms with Crippen molar-refractivity contribution < 1.29 is 24.3 Å². The van der Waals surface area contributed by atoms with Crippen molar-refractivity contribution in [2.45, 2.75) is 58.3 Å². The first-order chi connectivity index (χ1) is 11.7. The van der Waals surface area contributed by atoms with E-state index in [0.29, 0.717) is 12.4 Å². The van der Waals surface area contributed by atoms with Gasteiger partial charge < -0.3 is 14.7 Å². The first-order valence-electron chi connectivity index (χ1n) is 8.55. The molecule has 6 nitrogen and oxygen atoms in total. The molecule has 0 atom stereocenters. The summed E-state index contributed by atoms with van der Waals surface area (Å²) in [7, 11) is 0. The van der Waals surface area contributed by atoms with Gasteiger partial charge in [-0.2, -0.15) is 5.48 Å². The van der Waals surface area contributed by atoms with E-state index in [4.69, 9.17) is 4.74 Å². The molecule has 0 unspecified atom stereocenters. The first kappa shape index (κ1) is 19.8. The van der Waals surface area contributed by atoms with Gasteiger partial charge in [-0.05, 0) is 18.6 Å². The zero-order valence-corrected chi connectivity index (χ0v) is 14.3. The lowest BCUT2D eigenvalue weighted by atomic mass is 10.1. The van der Waals surface area contributed by atoms with Crippen molar-refractivity contribution in [3.8, 4) is 11.5 Å². The maximum absolute atomic E-state index is 11.5. The average molecular weight is 337 g/mol. The number of nitrogens with one attached hydrogen (secondary N) is 1. The molecule has 24 heavy (non-hydrogen) atoms. The van der Waals surface area contributed by atoms with Gasteiger partial charge in [0.25, 0.3) is 0 Å². The molecule has 0 bridgehead atoms. The predicted octanol–water partition coefficient (Wildman–Crippen LogP) is 3.73. The zero-order valence-electron chi connectivity index (χ0n) is 14.3. The molecule has 1 amide bonds. The fraction of sp³-hybridized carbons (Fsp3) is 0.556. The highest BCUT2D eigenvalue weighted by Crippen LogP contribution is 2.24. The Kier molecular flexibility index (Phi) is 10.1. The molecule has 1 aromatic carbocycles. The van der Waals surface area contributed by atoms with E-state index in [1.54, 1.807) is 11.5 Å². The van der Waals surface area contributed by atoms with E-state index in [1.165, 1.54) is 50.7 Å². The van der Waals surface area contributed by atoms with Gasteiger partial charge in [0.05, 0.1) is 6.61 Å². The molecule has 0 aliphatic heterocycles. The monoisotopic (exact) mass is 337 g/mol. The van der Waals surface area contributed by atoms with E-state index in [2.05, 4.69) is 11.8 Å². The van der Waals surface area contributed by atoms with Crippen LogP contribution in [0.1, 0.15) is 68.6 Å². The molecule has 0 aliphatic carbocycles. The van der Waals surface area contributed by atoms with Crippen molar-refractivity contribution in [3.63, 3.8) is 0 Å². The third-order valence-electron chi connectivity index (χ3n) is 3.66. The normalized spacial score (nSPS) is 10.2. The highest BCUT2D eigenvalue weighted by molar-refractivity contribution is 5.92. The minimum absolute atomic E-state index is 0.0382. The van der Waals surface area contributed by atoms with E-state index >= 15 is 0 Å². The second-order valence-electron chi connectivity index (χ2n) is 5.63. The first-order valence-corrected chi connectivity index (χ1v) is 8.55. The van der Waals surface area contributed by atoms with Crippen molar-refractivity contribution >= 4 is 12.4 Å². The molecule has 134 valence electrons. The van der Waals surface area contributed by atoms with Crippen LogP contribution in [0.25, 0.3) is 0 Å².